The third-order valence-electron chi connectivity index (χ3n) is 1.18. The monoisotopic (exact) mass is 137 g/mol. The summed E-state index contributed by atoms with van der Waals surface area (Å²) in [5.74, 6) is 0.407. The number of nitroso groups, excluding NO2 is 1. The minimum atomic E-state index is 0.342. The van der Waals surface area contributed by atoms with Crippen LogP contribution >= 0.6 is 0 Å². The zero-order chi connectivity index (χ0) is 7.56. The summed E-state index contributed by atoms with van der Waals surface area (Å²) in [4.78, 5) is 13.8. The lowest BCUT2D eigenvalue weighted by Crippen LogP contribution is -1.90. The number of anilines is 1. The van der Waals surface area contributed by atoms with Gasteiger partial charge in [0.25, 0.3) is 0 Å². The van der Waals surface area contributed by atoms with Crippen LogP contribution in [0.3, 0.4) is 0 Å². The van der Waals surface area contributed by atoms with Crippen molar-refractivity contribution in [2.24, 2.45) is 5.18 Å². The van der Waals surface area contributed by atoms with Crippen LogP contribution in [-0.4, -0.2) is 4.98 Å². The summed E-state index contributed by atoms with van der Waals surface area (Å²) in [6, 6.07) is 3.09. The molecule has 0 spiro atoms. The number of nitrogen functional groups attached to an aromatic ring is 1. The van der Waals surface area contributed by atoms with Gasteiger partial charge in [-0.3, -0.25) is 0 Å². The van der Waals surface area contributed by atoms with Crippen LogP contribution in [0.2, 0.25) is 0 Å². The topological polar surface area (TPSA) is 68.3 Å². The van der Waals surface area contributed by atoms with Gasteiger partial charge in [0.15, 0.2) is 0 Å². The molecule has 1 aromatic heterocycles. The Morgan fingerprint density at radius 1 is 1.60 bits per heavy atom. The average Bonchev–Trinajstić information content (AvgIpc) is 1.88. The molecule has 4 heteroatoms. The second-order valence-electron chi connectivity index (χ2n) is 1.93. The Bertz CT molecular complexity index is 259. The molecular weight excluding hydrogens is 130 g/mol. The molecule has 0 aromatic carbocycles. The molecule has 1 aromatic rings. The SMILES string of the molecule is Cc1nc(N)ccc1N=O. The summed E-state index contributed by atoms with van der Waals surface area (Å²) in [5.41, 5.74) is 6.23. The summed E-state index contributed by atoms with van der Waals surface area (Å²) in [6.07, 6.45) is 0. The summed E-state index contributed by atoms with van der Waals surface area (Å²) in [6.45, 7) is 1.69. The number of aryl methyl sites for hydroxylation is 1. The minimum absolute atomic E-state index is 0.342. The molecule has 1 heterocycles. The smallest absolute Gasteiger partial charge is 0.129 e. The number of rotatable bonds is 1. The van der Waals surface area contributed by atoms with Gasteiger partial charge in [0.1, 0.15) is 11.5 Å². The zero-order valence-corrected chi connectivity index (χ0v) is 5.53. The number of aromatic nitrogens is 1. The molecule has 0 amide bonds. The van der Waals surface area contributed by atoms with E-state index in [1.165, 1.54) is 0 Å². The van der Waals surface area contributed by atoms with Gasteiger partial charge in [-0.15, -0.1) is 4.91 Å². The molecule has 0 saturated heterocycles. The molecular formula is C6H7N3O. The van der Waals surface area contributed by atoms with E-state index < -0.39 is 0 Å². The van der Waals surface area contributed by atoms with Gasteiger partial charge < -0.3 is 5.73 Å². The second-order valence-corrected chi connectivity index (χ2v) is 1.93. The van der Waals surface area contributed by atoms with Crippen LogP contribution in [0.4, 0.5) is 11.5 Å². The maximum absolute atomic E-state index is 10.0. The third-order valence-corrected chi connectivity index (χ3v) is 1.18. The lowest BCUT2D eigenvalue weighted by molar-refractivity contribution is 1.19. The van der Waals surface area contributed by atoms with Gasteiger partial charge in [-0.1, -0.05) is 0 Å². The second kappa shape index (κ2) is 2.43. The zero-order valence-electron chi connectivity index (χ0n) is 5.53. The van der Waals surface area contributed by atoms with Crippen molar-refractivity contribution in [3.8, 4) is 0 Å². The molecule has 4 nitrogen and oxygen atoms in total. The van der Waals surface area contributed by atoms with Crippen molar-refractivity contribution < 1.29 is 0 Å². The Hall–Kier alpha value is -1.45. The van der Waals surface area contributed by atoms with Gasteiger partial charge in [-0.25, -0.2) is 4.98 Å². The van der Waals surface area contributed by atoms with Crippen LogP contribution in [0.1, 0.15) is 5.69 Å². The molecule has 0 unspecified atom stereocenters. The predicted molar refractivity (Wildman–Crippen MR) is 38.8 cm³/mol. The highest BCUT2D eigenvalue weighted by molar-refractivity contribution is 5.46. The number of hydrogen-bond acceptors (Lipinski definition) is 4. The first-order chi connectivity index (χ1) is 4.74. The van der Waals surface area contributed by atoms with Crippen molar-refractivity contribution in [2.45, 2.75) is 6.92 Å². The highest BCUT2D eigenvalue weighted by Crippen LogP contribution is 2.16. The molecule has 0 atom stereocenters. The fraction of sp³-hybridized carbons (Fsp3) is 0.167. The van der Waals surface area contributed by atoms with E-state index in [-0.39, 0.29) is 0 Å². The minimum Gasteiger partial charge on any atom is -0.384 e. The Kier molecular flexibility index (Phi) is 1.62. The lowest BCUT2D eigenvalue weighted by Gasteiger charge is -1.95. The van der Waals surface area contributed by atoms with E-state index in [1.807, 2.05) is 0 Å². The Morgan fingerprint density at radius 3 is 2.80 bits per heavy atom. The van der Waals surface area contributed by atoms with Crippen LogP contribution in [0.15, 0.2) is 17.3 Å². The van der Waals surface area contributed by atoms with E-state index in [1.54, 1.807) is 19.1 Å². The quantitative estimate of drug-likeness (QED) is 0.594. The van der Waals surface area contributed by atoms with Crippen molar-refractivity contribution in [3.05, 3.63) is 22.7 Å². The number of hydrogen-bond donors (Lipinski definition) is 1. The van der Waals surface area contributed by atoms with Gasteiger partial charge >= 0.3 is 0 Å². The van der Waals surface area contributed by atoms with Crippen molar-refractivity contribution >= 4 is 11.5 Å². The van der Waals surface area contributed by atoms with Gasteiger partial charge in [0.05, 0.1) is 5.69 Å². The summed E-state index contributed by atoms with van der Waals surface area (Å²) < 4.78 is 0. The van der Waals surface area contributed by atoms with E-state index in [9.17, 15) is 4.91 Å². The molecule has 52 valence electrons. The first-order valence-electron chi connectivity index (χ1n) is 2.80. The third kappa shape index (κ3) is 1.10. The molecule has 0 aliphatic carbocycles. The van der Waals surface area contributed by atoms with Crippen molar-refractivity contribution in [3.63, 3.8) is 0 Å². The average molecular weight is 137 g/mol. The summed E-state index contributed by atoms with van der Waals surface area (Å²) >= 11 is 0. The van der Waals surface area contributed by atoms with Crippen LogP contribution in [0.25, 0.3) is 0 Å². The first-order valence-corrected chi connectivity index (χ1v) is 2.80. The maximum atomic E-state index is 10.0. The molecule has 0 aliphatic rings. The predicted octanol–water partition coefficient (Wildman–Crippen LogP) is 1.37. The maximum Gasteiger partial charge on any atom is 0.129 e. The van der Waals surface area contributed by atoms with Crippen molar-refractivity contribution in [1.29, 1.82) is 0 Å². The van der Waals surface area contributed by atoms with E-state index in [4.69, 9.17) is 5.73 Å². The molecule has 1 rings (SSSR count). The highest BCUT2D eigenvalue weighted by Gasteiger charge is 1.97. The van der Waals surface area contributed by atoms with Crippen LogP contribution in [0, 0.1) is 11.8 Å². The summed E-state index contributed by atoms with van der Waals surface area (Å²) in [5, 5.41) is 2.74. The van der Waals surface area contributed by atoms with Crippen molar-refractivity contribution in [2.75, 3.05) is 5.73 Å². The molecule has 0 bridgehead atoms. The van der Waals surface area contributed by atoms with E-state index in [0.717, 1.165) is 0 Å². The van der Waals surface area contributed by atoms with Gasteiger partial charge in [-0.2, -0.15) is 0 Å². The number of pyridine rings is 1. The van der Waals surface area contributed by atoms with Crippen LogP contribution in [0.5, 0.6) is 0 Å². The Labute approximate surface area is 58.1 Å². The Balaban J connectivity index is 3.19. The molecule has 0 aliphatic heterocycles. The fourth-order valence-corrected chi connectivity index (χ4v) is 0.670. The lowest BCUT2D eigenvalue weighted by atomic mass is 10.3. The van der Waals surface area contributed by atoms with Gasteiger partial charge in [-0.05, 0) is 24.2 Å². The Morgan fingerprint density at radius 2 is 2.30 bits per heavy atom. The first kappa shape index (κ1) is 6.67. The van der Waals surface area contributed by atoms with Crippen LogP contribution < -0.4 is 5.73 Å². The van der Waals surface area contributed by atoms with Crippen molar-refractivity contribution in [1.82, 2.24) is 4.98 Å². The van der Waals surface area contributed by atoms with E-state index >= 15 is 0 Å². The molecule has 0 fully saturated rings. The normalized spacial score (nSPS) is 9.30. The van der Waals surface area contributed by atoms with E-state index in [2.05, 4.69) is 10.2 Å². The van der Waals surface area contributed by atoms with Gasteiger partial charge in [0, 0.05) is 0 Å². The molecule has 2 N–H and O–H groups in total. The largest absolute Gasteiger partial charge is 0.384 e. The molecule has 0 radical (unpaired) electrons. The number of nitrogens with two attached hydrogens (primary N) is 1. The number of nitrogens with zero attached hydrogens (tertiary/aromatic N) is 2. The molecule has 0 saturated carbocycles. The van der Waals surface area contributed by atoms with E-state index in [0.29, 0.717) is 17.2 Å². The highest BCUT2D eigenvalue weighted by atomic mass is 16.3. The standard InChI is InChI=1S/C6H7N3O/c1-4-5(9-10)2-3-6(7)8-4/h2-3H,1H3,(H2,7,8). The van der Waals surface area contributed by atoms with Gasteiger partial charge in [0.2, 0.25) is 0 Å². The summed E-state index contributed by atoms with van der Waals surface area (Å²) in [7, 11) is 0. The molecule has 10 heavy (non-hydrogen) atoms. The van der Waals surface area contributed by atoms with Crippen LogP contribution in [-0.2, 0) is 0 Å². The fourth-order valence-electron chi connectivity index (χ4n) is 0.670.